The minimum atomic E-state index is -0.867. The highest BCUT2D eigenvalue weighted by molar-refractivity contribution is 7.99. The quantitative estimate of drug-likeness (QED) is 0.854. The van der Waals surface area contributed by atoms with E-state index in [4.69, 9.17) is 9.52 Å². The Kier molecular flexibility index (Phi) is 3.30. The van der Waals surface area contributed by atoms with E-state index < -0.39 is 5.97 Å². The van der Waals surface area contributed by atoms with Crippen molar-refractivity contribution in [3.05, 3.63) is 17.8 Å². The molecule has 1 fully saturated rings. The summed E-state index contributed by atoms with van der Waals surface area (Å²) in [6.45, 7) is 0. The van der Waals surface area contributed by atoms with Gasteiger partial charge in [0.05, 0.1) is 12.1 Å². The van der Waals surface area contributed by atoms with Crippen LogP contribution >= 0.6 is 11.8 Å². The van der Waals surface area contributed by atoms with Crippen LogP contribution < -0.4 is 0 Å². The van der Waals surface area contributed by atoms with Crippen molar-refractivity contribution in [2.45, 2.75) is 25.2 Å². The normalized spacial score (nSPS) is 17.9. The van der Waals surface area contributed by atoms with E-state index in [0.717, 1.165) is 24.3 Å². The van der Waals surface area contributed by atoms with Crippen LogP contribution in [0.1, 0.15) is 30.3 Å². The van der Waals surface area contributed by atoms with Gasteiger partial charge in [0.15, 0.2) is 5.89 Å². The van der Waals surface area contributed by atoms with Crippen molar-refractivity contribution in [3.63, 3.8) is 0 Å². The van der Waals surface area contributed by atoms with Crippen molar-refractivity contribution >= 4 is 17.7 Å². The van der Waals surface area contributed by atoms with Gasteiger partial charge in [0.2, 0.25) is 0 Å². The monoisotopic (exact) mass is 227 g/mol. The highest BCUT2D eigenvalue weighted by Gasteiger charge is 2.20. The van der Waals surface area contributed by atoms with E-state index in [0.29, 0.717) is 17.5 Å². The number of carboxylic acids is 1. The molecule has 0 atom stereocenters. The molecule has 1 aliphatic rings. The summed E-state index contributed by atoms with van der Waals surface area (Å²) in [4.78, 5) is 14.7. The molecule has 15 heavy (non-hydrogen) atoms. The Morgan fingerprint density at radius 2 is 2.33 bits per heavy atom. The number of rotatable bonds is 3. The van der Waals surface area contributed by atoms with Gasteiger partial charge < -0.3 is 9.52 Å². The number of aliphatic carboxylic acids is 1. The second kappa shape index (κ2) is 4.70. The SMILES string of the molecule is O=C(O)Cc1coc(C2CCSCC2)n1. The first-order valence-corrected chi connectivity index (χ1v) is 6.15. The van der Waals surface area contributed by atoms with Crippen molar-refractivity contribution in [2.75, 3.05) is 11.5 Å². The van der Waals surface area contributed by atoms with E-state index in [1.54, 1.807) is 0 Å². The lowest BCUT2D eigenvalue weighted by atomic mass is 10.0. The van der Waals surface area contributed by atoms with Crippen LogP contribution in [0.25, 0.3) is 0 Å². The maximum atomic E-state index is 10.5. The first-order valence-electron chi connectivity index (χ1n) is 4.99. The van der Waals surface area contributed by atoms with Crippen LogP contribution in [0.4, 0.5) is 0 Å². The van der Waals surface area contributed by atoms with Crippen LogP contribution in [0.5, 0.6) is 0 Å². The van der Waals surface area contributed by atoms with Crippen LogP contribution in [0.3, 0.4) is 0 Å². The fourth-order valence-electron chi connectivity index (χ4n) is 1.69. The van der Waals surface area contributed by atoms with Crippen molar-refractivity contribution < 1.29 is 14.3 Å². The number of nitrogens with zero attached hydrogens (tertiary/aromatic N) is 1. The lowest BCUT2D eigenvalue weighted by Crippen LogP contribution is -2.08. The molecule has 0 radical (unpaired) electrons. The molecule has 1 aliphatic heterocycles. The molecule has 1 aromatic heterocycles. The topological polar surface area (TPSA) is 63.3 Å². The van der Waals surface area contributed by atoms with E-state index in [2.05, 4.69) is 4.98 Å². The van der Waals surface area contributed by atoms with Gasteiger partial charge in [0.1, 0.15) is 6.26 Å². The minimum Gasteiger partial charge on any atom is -0.481 e. The fraction of sp³-hybridized carbons (Fsp3) is 0.600. The number of carboxylic acid groups (broad SMARTS) is 1. The van der Waals surface area contributed by atoms with Gasteiger partial charge in [-0.05, 0) is 24.3 Å². The zero-order valence-electron chi connectivity index (χ0n) is 8.31. The van der Waals surface area contributed by atoms with Gasteiger partial charge in [-0.25, -0.2) is 4.98 Å². The number of carbonyl (C=O) groups is 1. The highest BCUT2D eigenvalue weighted by atomic mass is 32.2. The fourth-order valence-corrected chi connectivity index (χ4v) is 2.80. The smallest absolute Gasteiger partial charge is 0.309 e. The standard InChI is InChI=1S/C10H13NO3S/c12-9(13)5-8-6-14-10(11-8)7-1-3-15-4-2-7/h6-7H,1-5H2,(H,12,13). The average molecular weight is 227 g/mol. The van der Waals surface area contributed by atoms with Crippen molar-refractivity contribution in [1.29, 1.82) is 0 Å². The summed E-state index contributed by atoms with van der Waals surface area (Å²) in [5, 5.41) is 8.60. The Bertz CT molecular complexity index is 344. The number of aromatic nitrogens is 1. The molecule has 0 bridgehead atoms. The van der Waals surface area contributed by atoms with Gasteiger partial charge >= 0.3 is 5.97 Å². The highest BCUT2D eigenvalue weighted by Crippen LogP contribution is 2.30. The lowest BCUT2D eigenvalue weighted by molar-refractivity contribution is -0.136. The Labute approximate surface area is 92.1 Å². The molecular weight excluding hydrogens is 214 g/mol. The second-order valence-electron chi connectivity index (χ2n) is 3.63. The summed E-state index contributed by atoms with van der Waals surface area (Å²) < 4.78 is 5.32. The van der Waals surface area contributed by atoms with Gasteiger partial charge in [-0.2, -0.15) is 11.8 Å². The molecule has 0 amide bonds. The van der Waals surface area contributed by atoms with Crippen LogP contribution in [-0.2, 0) is 11.2 Å². The Hall–Kier alpha value is -0.970. The van der Waals surface area contributed by atoms with E-state index in [9.17, 15) is 4.79 Å². The largest absolute Gasteiger partial charge is 0.481 e. The number of thioether (sulfide) groups is 1. The zero-order valence-corrected chi connectivity index (χ0v) is 9.13. The van der Waals surface area contributed by atoms with Crippen LogP contribution in [0.15, 0.2) is 10.7 Å². The zero-order chi connectivity index (χ0) is 10.7. The van der Waals surface area contributed by atoms with Crippen molar-refractivity contribution in [3.8, 4) is 0 Å². The van der Waals surface area contributed by atoms with E-state index in [1.165, 1.54) is 6.26 Å². The molecule has 4 nitrogen and oxygen atoms in total. The van der Waals surface area contributed by atoms with E-state index in [-0.39, 0.29) is 6.42 Å². The molecule has 0 aliphatic carbocycles. The first-order chi connectivity index (χ1) is 7.25. The molecule has 0 unspecified atom stereocenters. The second-order valence-corrected chi connectivity index (χ2v) is 4.86. The predicted octanol–water partition coefficient (Wildman–Crippen LogP) is 1.91. The molecule has 0 aromatic carbocycles. The third-order valence-electron chi connectivity index (χ3n) is 2.47. The third-order valence-corrected chi connectivity index (χ3v) is 3.52. The Balaban J connectivity index is 2.02. The maximum Gasteiger partial charge on any atom is 0.309 e. The van der Waals surface area contributed by atoms with Crippen LogP contribution in [0, 0.1) is 0 Å². The van der Waals surface area contributed by atoms with Crippen LogP contribution in [0.2, 0.25) is 0 Å². The molecule has 5 heteroatoms. The summed E-state index contributed by atoms with van der Waals surface area (Å²) in [5.41, 5.74) is 0.524. The van der Waals surface area contributed by atoms with Crippen molar-refractivity contribution in [1.82, 2.24) is 4.98 Å². The van der Waals surface area contributed by atoms with E-state index >= 15 is 0 Å². The summed E-state index contributed by atoms with van der Waals surface area (Å²) in [6, 6.07) is 0. The van der Waals surface area contributed by atoms with Gasteiger partial charge in [-0.15, -0.1) is 0 Å². The van der Waals surface area contributed by atoms with Gasteiger partial charge in [0.25, 0.3) is 0 Å². The van der Waals surface area contributed by atoms with E-state index in [1.807, 2.05) is 11.8 Å². The van der Waals surface area contributed by atoms with Gasteiger partial charge in [-0.3, -0.25) is 4.79 Å². The summed E-state index contributed by atoms with van der Waals surface area (Å²) in [6.07, 6.45) is 3.57. The minimum absolute atomic E-state index is 0.0506. The summed E-state index contributed by atoms with van der Waals surface area (Å²) >= 11 is 1.95. The Morgan fingerprint density at radius 1 is 1.60 bits per heavy atom. The summed E-state index contributed by atoms with van der Waals surface area (Å²) in [7, 11) is 0. The molecule has 82 valence electrons. The maximum absolute atomic E-state index is 10.5. The van der Waals surface area contributed by atoms with Crippen LogP contribution in [-0.4, -0.2) is 27.6 Å². The molecular formula is C10H13NO3S. The molecule has 0 saturated carbocycles. The number of hydrogen-bond acceptors (Lipinski definition) is 4. The number of hydrogen-bond donors (Lipinski definition) is 1. The predicted molar refractivity (Wildman–Crippen MR) is 57.1 cm³/mol. The molecule has 1 N–H and O–H groups in total. The Morgan fingerprint density at radius 3 is 3.00 bits per heavy atom. The van der Waals surface area contributed by atoms with Crippen molar-refractivity contribution in [2.24, 2.45) is 0 Å². The molecule has 2 rings (SSSR count). The molecule has 2 heterocycles. The average Bonchev–Trinajstić information content (AvgIpc) is 2.67. The lowest BCUT2D eigenvalue weighted by Gasteiger charge is -2.17. The first kappa shape index (κ1) is 10.5. The molecule has 1 saturated heterocycles. The summed E-state index contributed by atoms with van der Waals surface area (Å²) in [5.74, 6) is 2.51. The number of oxazole rings is 1. The molecule has 0 spiro atoms. The van der Waals surface area contributed by atoms with Gasteiger partial charge in [0, 0.05) is 5.92 Å². The molecule has 1 aromatic rings. The van der Waals surface area contributed by atoms with Gasteiger partial charge in [-0.1, -0.05) is 0 Å². The third kappa shape index (κ3) is 2.75.